The van der Waals surface area contributed by atoms with E-state index in [-0.39, 0.29) is 6.10 Å². The van der Waals surface area contributed by atoms with Crippen LogP contribution in [0.15, 0.2) is 16.7 Å². The van der Waals surface area contributed by atoms with Gasteiger partial charge in [0.05, 0.1) is 32.1 Å². The lowest BCUT2D eigenvalue weighted by Gasteiger charge is -2.12. The number of hydrogen-bond acceptors (Lipinski definition) is 4. The van der Waals surface area contributed by atoms with Crippen molar-refractivity contribution in [2.45, 2.75) is 40.0 Å². The molecule has 1 heterocycles. The molecule has 0 aliphatic rings. The lowest BCUT2D eigenvalue weighted by Crippen LogP contribution is -2.17. The van der Waals surface area contributed by atoms with Gasteiger partial charge in [-0.2, -0.15) is 0 Å². The van der Waals surface area contributed by atoms with Gasteiger partial charge in [0.15, 0.2) is 0 Å². The molecule has 1 N–H and O–H groups in total. The first-order valence-electron chi connectivity index (χ1n) is 6.23. The van der Waals surface area contributed by atoms with Gasteiger partial charge in [0.1, 0.15) is 5.76 Å². The third kappa shape index (κ3) is 5.35. The molecule has 0 aliphatic carbocycles. The predicted molar refractivity (Wildman–Crippen MR) is 66.8 cm³/mol. The first-order valence-corrected chi connectivity index (χ1v) is 6.23. The molecule has 1 atom stereocenters. The molecule has 4 nitrogen and oxygen atoms in total. The molecular weight excluding hydrogens is 218 g/mol. The highest BCUT2D eigenvalue weighted by Crippen LogP contribution is 2.12. The first-order chi connectivity index (χ1) is 8.27. The van der Waals surface area contributed by atoms with Gasteiger partial charge in [-0.15, -0.1) is 0 Å². The summed E-state index contributed by atoms with van der Waals surface area (Å²) in [5, 5.41) is 3.24. The summed E-state index contributed by atoms with van der Waals surface area (Å²) < 4.78 is 16.4. The van der Waals surface area contributed by atoms with E-state index < -0.39 is 0 Å². The fourth-order valence-electron chi connectivity index (χ4n) is 1.45. The highest BCUT2D eigenvalue weighted by molar-refractivity contribution is 5.15. The summed E-state index contributed by atoms with van der Waals surface area (Å²) in [4.78, 5) is 0. The van der Waals surface area contributed by atoms with Gasteiger partial charge in [0.2, 0.25) is 0 Å². The summed E-state index contributed by atoms with van der Waals surface area (Å²) in [6, 6.07) is 1.96. The summed E-state index contributed by atoms with van der Waals surface area (Å²) >= 11 is 0. The molecule has 98 valence electrons. The van der Waals surface area contributed by atoms with Crippen molar-refractivity contribution in [3.8, 4) is 0 Å². The van der Waals surface area contributed by atoms with E-state index in [1.807, 2.05) is 19.9 Å². The predicted octanol–water partition coefficient (Wildman–Crippen LogP) is 2.33. The Morgan fingerprint density at radius 1 is 1.41 bits per heavy atom. The molecule has 1 aromatic rings. The summed E-state index contributed by atoms with van der Waals surface area (Å²) in [5.74, 6) is 0.954. The number of rotatable bonds is 9. The Kier molecular flexibility index (Phi) is 6.93. The fraction of sp³-hybridized carbons (Fsp3) is 0.692. The van der Waals surface area contributed by atoms with Crippen molar-refractivity contribution in [1.29, 1.82) is 0 Å². The van der Waals surface area contributed by atoms with Crippen LogP contribution < -0.4 is 5.32 Å². The number of hydrogen-bond donors (Lipinski definition) is 1. The van der Waals surface area contributed by atoms with E-state index in [4.69, 9.17) is 13.9 Å². The third-order valence-corrected chi connectivity index (χ3v) is 2.45. The lowest BCUT2D eigenvalue weighted by atomic mass is 10.2. The monoisotopic (exact) mass is 241 g/mol. The molecule has 0 fully saturated rings. The lowest BCUT2D eigenvalue weighted by molar-refractivity contribution is -0.0121. The second kappa shape index (κ2) is 8.28. The standard InChI is InChI=1S/C13H23NO3/c1-4-14-8-13-12(6-7-16-13)10-17-11(3)9-15-5-2/h6-7,11,14H,4-5,8-10H2,1-3H3. The van der Waals surface area contributed by atoms with Crippen LogP contribution >= 0.6 is 0 Å². The Morgan fingerprint density at radius 2 is 2.24 bits per heavy atom. The summed E-state index contributed by atoms with van der Waals surface area (Å²) in [5.41, 5.74) is 1.11. The maximum Gasteiger partial charge on any atom is 0.123 e. The number of nitrogens with one attached hydrogen (secondary N) is 1. The van der Waals surface area contributed by atoms with Gasteiger partial charge >= 0.3 is 0 Å². The van der Waals surface area contributed by atoms with Crippen LogP contribution in [0.1, 0.15) is 32.1 Å². The average molecular weight is 241 g/mol. The Bertz CT molecular complexity index is 299. The normalized spacial score (nSPS) is 12.9. The summed E-state index contributed by atoms with van der Waals surface area (Å²) in [7, 11) is 0. The minimum absolute atomic E-state index is 0.108. The molecule has 1 rings (SSSR count). The van der Waals surface area contributed by atoms with Crippen molar-refractivity contribution in [3.05, 3.63) is 23.7 Å². The number of furan rings is 1. The molecule has 0 saturated heterocycles. The maximum absolute atomic E-state index is 5.70. The van der Waals surface area contributed by atoms with E-state index in [0.717, 1.165) is 31.0 Å². The second-order valence-corrected chi connectivity index (χ2v) is 3.93. The zero-order valence-electron chi connectivity index (χ0n) is 11.0. The highest BCUT2D eigenvalue weighted by Gasteiger charge is 2.08. The van der Waals surface area contributed by atoms with Crippen LogP contribution in [0.2, 0.25) is 0 Å². The molecule has 0 amide bonds. The average Bonchev–Trinajstić information content (AvgIpc) is 2.78. The molecular formula is C13H23NO3. The summed E-state index contributed by atoms with van der Waals surface area (Å²) in [6.07, 6.45) is 1.82. The molecule has 0 saturated carbocycles. The van der Waals surface area contributed by atoms with E-state index in [1.54, 1.807) is 6.26 Å². The van der Waals surface area contributed by atoms with Crippen LogP contribution in [-0.4, -0.2) is 25.9 Å². The van der Waals surface area contributed by atoms with E-state index in [0.29, 0.717) is 13.2 Å². The third-order valence-electron chi connectivity index (χ3n) is 2.45. The topological polar surface area (TPSA) is 43.6 Å². The zero-order chi connectivity index (χ0) is 12.5. The Balaban J connectivity index is 2.32. The van der Waals surface area contributed by atoms with Gasteiger partial charge in [0, 0.05) is 12.2 Å². The molecule has 0 bridgehead atoms. The Hall–Kier alpha value is -0.840. The minimum atomic E-state index is 0.108. The van der Waals surface area contributed by atoms with Crippen molar-refractivity contribution in [2.24, 2.45) is 0 Å². The van der Waals surface area contributed by atoms with Gasteiger partial charge < -0.3 is 19.2 Å². The second-order valence-electron chi connectivity index (χ2n) is 3.93. The van der Waals surface area contributed by atoms with Crippen molar-refractivity contribution >= 4 is 0 Å². The molecule has 1 unspecified atom stereocenters. The maximum atomic E-state index is 5.70. The van der Waals surface area contributed by atoms with Crippen molar-refractivity contribution < 1.29 is 13.9 Å². The molecule has 0 aliphatic heterocycles. The van der Waals surface area contributed by atoms with E-state index >= 15 is 0 Å². The van der Waals surface area contributed by atoms with Gasteiger partial charge in [-0.25, -0.2) is 0 Å². The molecule has 0 spiro atoms. The molecule has 17 heavy (non-hydrogen) atoms. The van der Waals surface area contributed by atoms with Crippen molar-refractivity contribution in [1.82, 2.24) is 5.32 Å². The van der Waals surface area contributed by atoms with Gasteiger partial charge in [-0.3, -0.25) is 0 Å². The zero-order valence-corrected chi connectivity index (χ0v) is 11.0. The quantitative estimate of drug-likeness (QED) is 0.720. The van der Waals surface area contributed by atoms with Crippen LogP contribution in [0.3, 0.4) is 0 Å². The van der Waals surface area contributed by atoms with Crippen LogP contribution in [-0.2, 0) is 22.6 Å². The Morgan fingerprint density at radius 3 is 2.94 bits per heavy atom. The van der Waals surface area contributed by atoms with Gasteiger partial charge in [0.25, 0.3) is 0 Å². The van der Waals surface area contributed by atoms with Crippen LogP contribution in [0, 0.1) is 0 Å². The molecule has 4 heteroatoms. The Labute approximate surface area is 103 Å². The molecule has 1 aromatic heterocycles. The SMILES string of the molecule is CCNCc1occc1COC(C)COCC. The van der Waals surface area contributed by atoms with Crippen LogP contribution in [0.25, 0.3) is 0 Å². The van der Waals surface area contributed by atoms with E-state index in [9.17, 15) is 0 Å². The summed E-state index contributed by atoms with van der Waals surface area (Å²) in [6.45, 7) is 9.69. The van der Waals surface area contributed by atoms with E-state index in [1.165, 1.54) is 0 Å². The highest BCUT2D eigenvalue weighted by atomic mass is 16.5. The van der Waals surface area contributed by atoms with Gasteiger partial charge in [-0.1, -0.05) is 6.92 Å². The van der Waals surface area contributed by atoms with Crippen molar-refractivity contribution in [2.75, 3.05) is 19.8 Å². The van der Waals surface area contributed by atoms with Crippen LogP contribution in [0.5, 0.6) is 0 Å². The number of ether oxygens (including phenoxy) is 2. The first kappa shape index (κ1) is 14.2. The van der Waals surface area contributed by atoms with Crippen LogP contribution in [0.4, 0.5) is 0 Å². The van der Waals surface area contributed by atoms with Gasteiger partial charge in [-0.05, 0) is 26.5 Å². The smallest absolute Gasteiger partial charge is 0.123 e. The van der Waals surface area contributed by atoms with E-state index in [2.05, 4.69) is 12.2 Å². The molecule has 0 aromatic carbocycles. The van der Waals surface area contributed by atoms with Crippen molar-refractivity contribution in [3.63, 3.8) is 0 Å². The fourth-order valence-corrected chi connectivity index (χ4v) is 1.45. The minimum Gasteiger partial charge on any atom is -0.468 e. The largest absolute Gasteiger partial charge is 0.468 e. The molecule has 0 radical (unpaired) electrons.